The van der Waals surface area contributed by atoms with Gasteiger partial charge in [0.15, 0.2) is 0 Å². The van der Waals surface area contributed by atoms with Gasteiger partial charge in [0.05, 0.1) is 29.3 Å². The minimum Gasteiger partial charge on any atom is -0.497 e. The normalized spacial score (nSPS) is 10.8. The Morgan fingerprint density at radius 1 is 0.909 bits per heavy atom. The molecule has 1 heterocycles. The van der Waals surface area contributed by atoms with Crippen LogP contribution in [0.25, 0.3) is 10.9 Å². The summed E-state index contributed by atoms with van der Waals surface area (Å²) in [5.41, 5.74) is 2.51. The molecule has 0 atom stereocenters. The molecule has 0 unspecified atom stereocenters. The summed E-state index contributed by atoms with van der Waals surface area (Å²) in [7, 11) is 1.61. The predicted molar refractivity (Wildman–Crippen MR) is 129 cm³/mol. The second-order valence-electron chi connectivity index (χ2n) is 7.26. The van der Waals surface area contributed by atoms with Crippen LogP contribution >= 0.6 is 15.9 Å². The summed E-state index contributed by atoms with van der Waals surface area (Å²) in [5.74, 6) is 0.207. The average Bonchev–Trinajstić information content (AvgIpc) is 3.10. The average molecular weight is 508 g/mol. The maximum atomic E-state index is 12.8. The van der Waals surface area contributed by atoms with E-state index < -0.39 is 11.9 Å². The number of rotatable bonds is 7. The van der Waals surface area contributed by atoms with Crippen LogP contribution in [0, 0.1) is 0 Å². The largest absolute Gasteiger partial charge is 0.497 e. The third-order valence-corrected chi connectivity index (χ3v) is 5.94. The van der Waals surface area contributed by atoms with Crippen molar-refractivity contribution in [2.75, 3.05) is 13.7 Å². The maximum Gasteiger partial charge on any atom is 0.356 e. The van der Waals surface area contributed by atoms with E-state index in [0.717, 1.165) is 22.2 Å². The lowest BCUT2D eigenvalue weighted by Crippen LogP contribution is -2.13. The molecule has 4 aromatic rings. The van der Waals surface area contributed by atoms with Crippen molar-refractivity contribution in [3.63, 3.8) is 0 Å². The Morgan fingerprint density at radius 2 is 1.70 bits per heavy atom. The van der Waals surface area contributed by atoms with Crippen LogP contribution in [0.2, 0.25) is 0 Å². The number of nitrogens with zero attached hydrogens (tertiary/aromatic N) is 1. The highest BCUT2D eigenvalue weighted by Crippen LogP contribution is 2.35. The smallest absolute Gasteiger partial charge is 0.356 e. The zero-order valence-electron chi connectivity index (χ0n) is 18.2. The van der Waals surface area contributed by atoms with E-state index in [1.165, 1.54) is 0 Å². The standard InChI is InChI=1S/C26H22BrNO5/c1-3-32-26(30)24-23(27)21-13-12-20(33-25(29)18-9-5-4-6-10-18)15-22(21)28(24)16-17-8-7-11-19(14-17)31-2/h4-15H,3,16H2,1-2H3. The molecule has 4 rings (SSSR count). The summed E-state index contributed by atoms with van der Waals surface area (Å²) in [4.78, 5) is 25.4. The molecule has 0 aliphatic rings. The fourth-order valence-electron chi connectivity index (χ4n) is 3.61. The lowest BCUT2D eigenvalue weighted by molar-refractivity contribution is 0.0513. The Kier molecular flexibility index (Phi) is 6.79. The van der Waals surface area contributed by atoms with Gasteiger partial charge in [-0.2, -0.15) is 0 Å². The van der Waals surface area contributed by atoms with E-state index in [-0.39, 0.29) is 6.61 Å². The molecule has 0 bridgehead atoms. The summed E-state index contributed by atoms with van der Waals surface area (Å²) in [6, 6.07) is 21.7. The Morgan fingerprint density at radius 3 is 2.42 bits per heavy atom. The molecular weight excluding hydrogens is 486 g/mol. The quantitative estimate of drug-likeness (QED) is 0.231. The van der Waals surface area contributed by atoms with E-state index >= 15 is 0 Å². The zero-order valence-corrected chi connectivity index (χ0v) is 19.8. The first-order chi connectivity index (χ1) is 16.0. The summed E-state index contributed by atoms with van der Waals surface area (Å²) < 4.78 is 18.7. The van der Waals surface area contributed by atoms with Crippen molar-refractivity contribution in [1.29, 1.82) is 0 Å². The van der Waals surface area contributed by atoms with Crippen molar-refractivity contribution < 1.29 is 23.8 Å². The second kappa shape index (κ2) is 9.92. The number of ether oxygens (including phenoxy) is 3. The van der Waals surface area contributed by atoms with Crippen molar-refractivity contribution in [3.8, 4) is 11.5 Å². The maximum absolute atomic E-state index is 12.8. The van der Waals surface area contributed by atoms with E-state index in [1.807, 2.05) is 41.0 Å². The highest BCUT2D eigenvalue weighted by atomic mass is 79.9. The van der Waals surface area contributed by atoms with E-state index in [0.29, 0.717) is 28.0 Å². The Hall–Kier alpha value is -3.58. The van der Waals surface area contributed by atoms with Crippen molar-refractivity contribution in [3.05, 3.63) is 94.1 Å². The van der Waals surface area contributed by atoms with E-state index in [4.69, 9.17) is 14.2 Å². The van der Waals surface area contributed by atoms with E-state index in [9.17, 15) is 9.59 Å². The highest BCUT2D eigenvalue weighted by Gasteiger charge is 2.23. The molecule has 3 aromatic carbocycles. The summed E-state index contributed by atoms with van der Waals surface area (Å²) in [6.07, 6.45) is 0. The van der Waals surface area contributed by atoms with Crippen LogP contribution in [-0.4, -0.2) is 30.2 Å². The number of aromatic nitrogens is 1. The molecule has 0 saturated carbocycles. The zero-order chi connectivity index (χ0) is 23.4. The van der Waals surface area contributed by atoms with Gasteiger partial charge in [-0.25, -0.2) is 9.59 Å². The van der Waals surface area contributed by atoms with Crippen molar-refractivity contribution in [1.82, 2.24) is 4.57 Å². The number of fused-ring (bicyclic) bond motifs is 1. The van der Waals surface area contributed by atoms with Gasteiger partial charge < -0.3 is 18.8 Å². The van der Waals surface area contributed by atoms with Crippen LogP contribution < -0.4 is 9.47 Å². The molecule has 0 spiro atoms. The first-order valence-electron chi connectivity index (χ1n) is 10.4. The first kappa shape index (κ1) is 22.6. The molecular formula is C26H22BrNO5. The van der Waals surface area contributed by atoms with Crippen LogP contribution in [0.15, 0.2) is 77.3 Å². The number of hydrogen-bond acceptors (Lipinski definition) is 5. The fourth-order valence-corrected chi connectivity index (χ4v) is 4.32. The lowest BCUT2D eigenvalue weighted by Gasteiger charge is -2.12. The molecule has 0 amide bonds. The number of carbonyl (C=O) groups excluding carboxylic acids is 2. The SMILES string of the molecule is CCOC(=O)c1c(Br)c2ccc(OC(=O)c3ccccc3)cc2n1Cc1cccc(OC)c1. The van der Waals surface area contributed by atoms with Crippen LogP contribution in [0.4, 0.5) is 0 Å². The molecule has 0 aliphatic heterocycles. The molecule has 6 nitrogen and oxygen atoms in total. The van der Waals surface area contributed by atoms with Crippen LogP contribution in [0.5, 0.6) is 11.5 Å². The van der Waals surface area contributed by atoms with E-state index in [1.54, 1.807) is 50.4 Å². The van der Waals surface area contributed by atoms with Gasteiger partial charge in [-0.15, -0.1) is 0 Å². The number of benzene rings is 3. The van der Waals surface area contributed by atoms with Crippen LogP contribution in [0.1, 0.15) is 33.3 Å². The molecule has 0 aliphatic carbocycles. The van der Waals surface area contributed by atoms with Gasteiger partial charge >= 0.3 is 11.9 Å². The van der Waals surface area contributed by atoms with Crippen LogP contribution in [-0.2, 0) is 11.3 Å². The van der Waals surface area contributed by atoms with Gasteiger partial charge in [0.25, 0.3) is 0 Å². The van der Waals surface area contributed by atoms with Gasteiger partial charge in [0.2, 0.25) is 0 Å². The second-order valence-corrected chi connectivity index (χ2v) is 8.05. The molecule has 7 heteroatoms. The van der Waals surface area contributed by atoms with Crippen molar-refractivity contribution in [2.24, 2.45) is 0 Å². The first-order valence-corrected chi connectivity index (χ1v) is 11.2. The summed E-state index contributed by atoms with van der Waals surface area (Å²) in [5, 5.41) is 0.806. The Balaban J connectivity index is 1.79. The summed E-state index contributed by atoms with van der Waals surface area (Å²) in [6.45, 7) is 2.41. The topological polar surface area (TPSA) is 66.8 Å². The molecule has 1 aromatic heterocycles. The van der Waals surface area contributed by atoms with Gasteiger partial charge in [-0.05, 0) is 64.8 Å². The van der Waals surface area contributed by atoms with Gasteiger partial charge in [-0.1, -0.05) is 30.3 Å². The Bertz CT molecular complexity index is 1310. The minimum absolute atomic E-state index is 0.256. The third-order valence-electron chi connectivity index (χ3n) is 5.14. The molecule has 0 N–H and O–H groups in total. The number of methoxy groups -OCH3 is 1. The monoisotopic (exact) mass is 507 g/mol. The Labute approximate surface area is 199 Å². The fraction of sp³-hybridized carbons (Fsp3) is 0.154. The number of halogens is 1. The third kappa shape index (κ3) is 4.78. The van der Waals surface area contributed by atoms with Crippen molar-refractivity contribution >= 4 is 38.8 Å². The molecule has 0 saturated heterocycles. The number of esters is 2. The molecule has 33 heavy (non-hydrogen) atoms. The van der Waals surface area contributed by atoms with Gasteiger partial charge in [0, 0.05) is 18.0 Å². The predicted octanol–water partition coefficient (Wildman–Crippen LogP) is 5.86. The molecule has 0 fully saturated rings. The highest BCUT2D eigenvalue weighted by molar-refractivity contribution is 9.10. The summed E-state index contributed by atoms with van der Waals surface area (Å²) >= 11 is 3.57. The van der Waals surface area contributed by atoms with Crippen LogP contribution in [0.3, 0.4) is 0 Å². The minimum atomic E-state index is -0.453. The lowest BCUT2D eigenvalue weighted by atomic mass is 10.2. The van der Waals surface area contributed by atoms with Crippen molar-refractivity contribution in [2.45, 2.75) is 13.5 Å². The number of carbonyl (C=O) groups is 2. The number of hydrogen-bond donors (Lipinski definition) is 0. The molecule has 168 valence electrons. The van der Waals surface area contributed by atoms with Gasteiger partial charge in [-0.3, -0.25) is 0 Å². The molecule has 0 radical (unpaired) electrons. The van der Waals surface area contributed by atoms with Gasteiger partial charge in [0.1, 0.15) is 17.2 Å². The van der Waals surface area contributed by atoms with E-state index in [2.05, 4.69) is 15.9 Å².